The second-order valence-electron chi connectivity index (χ2n) is 3.36. The second-order valence-corrected chi connectivity index (χ2v) is 3.36. The number of carbonyl (C=O) groups excluding carboxylic acids is 1. The van der Waals surface area contributed by atoms with E-state index in [4.69, 9.17) is 15.6 Å². The minimum absolute atomic E-state index is 0.0156. The molecule has 0 aliphatic carbocycles. The van der Waals surface area contributed by atoms with Crippen LogP contribution in [0.3, 0.4) is 0 Å². The maximum atomic E-state index is 11.4. The van der Waals surface area contributed by atoms with E-state index in [1.54, 1.807) is 0 Å². The SMILES string of the molecule is COC(CO)C(O)CN1CN=C(N)NC1=O. The van der Waals surface area contributed by atoms with Gasteiger partial charge in [-0.15, -0.1) is 0 Å². The molecule has 0 radical (unpaired) electrons. The summed E-state index contributed by atoms with van der Waals surface area (Å²) in [4.78, 5) is 16.4. The first kappa shape index (κ1) is 12.7. The van der Waals surface area contributed by atoms with Crippen molar-refractivity contribution in [3.8, 4) is 0 Å². The van der Waals surface area contributed by atoms with Gasteiger partial charge in [0, 0.05) is 7.11 Å². The Kier molecular flexibility index (Phi) is 4.47. The van der Waals surface area contributed by atoms with Crippen molar-refractivity contribution in [3.63, 3.8) is 0 Å². The molecule has 2 amide bonds. The molecule has 0 saturated heterocycles. The van der Waals surface area contributed by atoms with Crippen LogP contribution >= 0.6 is 0 Å². The Hall–Kier alpha value is -1.38. The number of ether oxygens (including phenoxy) is 1. The highest BCUT2D eigenvalue weighted by atomic mass is 16.5. The summed E-state index contributed by atoms with van der Waals surface area (Å²) >= 11 is 0. The van der Waals surface area contributed by atoms with Gasteiger partial charge in [-0.3, -0.25) is 5.32 Å². The molecule has 0 aromatic rings. The molecule has 0 aromatic carbocycles. The Bertz CT molecular complexity index is 279. The van der Waals surface area contributed by atoms with Crippen LogP contribution in [0.1, 0.15) is 0 Å². The third-order valence-electron chi connectivity index (χ3n) is 2.25. The summed E-state index contributed by atoms with van der Waals surface area (Å²) < 4.78 is 4.84. The molecule has 92 valence electrons. The number of nitrogens with two attached hydrogens (primary N) is 1. The first-order valence-electron chi connectivity index (χ1n) is 4.76. The topological polar surface area (TPSA) is 120 Å². The van der Waals surface area contributed by atoms with E-state index in [0.29, 0.717) is 0 Å². The molecule has 8 heteroatoms. The van der Waals surface area contributed by atoms with Gasteiger partial charge in [0.2, 0.25) is 0 Å². The van der Waals surface area contributed by atoms with E-state index in [9.17, 15) is 9.90 Å². The summed E-state index contributed by atoms with van der Waals surface area (Å²) in [6.07, 6.45) is -1.70. The molecular weight excluding hydrogens is 216 g/mol. The number of aliphatic hydroxyl groups excluding tert-OH is 2. The highest BCUT2D eigenvalue weighted by Crippen LogP contribution is 2.03. The summed E-state index contributed by atoms with van der Waals surface area (Å²) in [5.41, 5.74) is 5.29. The number of hydrogen-bond donors (Lipinski definition) is 4. The highest BCUT2D eigenvalue weighted by Gasteiger charge is 2.25. The fourth-order valence-corrected chi connectivity index (χ4v) is 1.29. The molecule has 1 aliphatic rings. The fraction of sp³-hybridized carbons (Fsp3) is 0.750. The van der Waals surface area contributed by atoms with Gasteiger partial charge in [-0.2, -0.15) is 0 Å². The van der Waals surface area contributed by atoms with Crippen LogP contribution in [0.25, 0.3) is 0 Å². The Labute approximate surface area is 92.7 Å². The summed E-state index contributed by atoms with van der Waals surface area (Å²) in [5, 5.41) is 20.9. The van der Waals surface area contributed by atoms with Gasteiger partial charge in [-0.1, -0.05) is 0 Å². The van der Waals surface area contributed by atoms with Gasteiger partial charge in [0.15, 0.2) is 5.96 Å². The standard InChI is InChI=1S/C8H16N4O4/c1-16-6(3-13)5(14)2-12-4-10-7(9)11-8(12)15/h5-6,13-14H,2-4H2,1H3,(H3,9,10,11,15). The molecule has 0 spiro atoms. The third kappa shape index (κ3) is 3.05. The number of carbonyl (C=O) groups is 1. The molecule has 16 heavy (non-hydrogen) atoms. The monoisotopic (exact) mass is 232 g/mol. The Morgan fingerprint density at radius 3 is 2.94 bits per heavy atom. The van der Waals surface area contributed by atoms with Crippen molar-refractivity contribution in [1.29, 1.82) is 0 Å². The van der Waals surface area contributed by atoms with Crippen molar-refractivity contribution < 1.29 is 19.7 Å². The smallest absolute Gasteiger partial charge is 0.325 e. The number of nitrogens with one attached hydrogen (secondary N) is 1. The summed E-state index contributed by atoms with van der Waals surface area (Å²) in [7, 11) is 1.37. The number of rotatable bonds is 5. The number of hydrogen-bond acceptors (Lipinski definition) is 6. The number of urea groups is 1. The first-order valence-corrected chi connectivity index (χ1v) is 4.76. The lowest BCUT2D eigenvalue weighted by molar-refractivity contribution is -0.0487. The molecule has 0 bridgehead atoms. The lowest BCUT2D eigenvalue weighted by Gasteiger charge is -2.29. The highest BCUT2D eigenvalue weighted by molar-refractivity contribution is 5.96. The van der Waals surface area contributed by atoms with E-state index < -0.39 is 18.2 Å². The van der Waals surface area contributed by atoms with Gasteiger partial charge < -0.3 is 25.6 Å². The van der Waals surface area contributed by atoms with Gasteiger partial charge >= 0.3 is 6.03 Å². The van der Waals surface area contributed by atoms with Gasteiger partial charge in [0.05, 0.1) is 13.2 Å². The largest absolute Gasteiger partial charge is 0.394 e. The van der Waals surface area contributed by atoms with Crippen molar-refractivity contribution in [2.45, 2.75) is 12.2 Å². The predicted molar refractivity (Wildman–Crippen MR) is 55.6 cm³/mol. The predicted octanol–water partition coefficient (Wildman–Crippen LogP) is -2.35. The molecule has 8 nitrogen and oxygen atoms in total. The molecule has 1 aliphatic heterocycles. The minimum Gasteiger partial charge on any atom is -0.394 e. The van der Waals surface area contributed by atoms with Crippen molar-refractivity contribution in [1.82, 2.24) is 10.2 Å². The van der Waals surface area contributed by atoms with Crippen LogP contribution in [0.4, 0.5) is 4.79 Å². The van der Waals surface area contributed by atoms with Crippen molar-refractivity contribution in [2.24, 2.45) is 10.7 Å². The van der Waals surface area contributed by atoms with Crippen LogP contribution in [-0.4, -0.2) is 66.2 Å². The van der Waals surface area contributed by atoms with E-state index in [-0.39, 0.29) is 25.8 Å². The molecule has 0 aromatic heterocycles. The normalized spacial score (nSPS) is 20.1. The zero-order chi connectivity index (χ0) is 12.1. The van der Waals surface area contributed by atoms with Gasteiger partial charge in [0.25, 0.3) is 0 Å². The molecule has 2 unspecified atom stereocenters. The zero-order valence-electron chi connectivity index (χ0n) is 8.96. The summed E-state index contributed by atoms with van der Waals surface area (Å²) in [6.45, 7) is -0.225. The lowest BCUT2D eigenvalue weighted by atomic mass is 10.2. The number of β-amino-alcohol motifs (C(OH)–C–C–N with tert-alkyl or cyclic N) is 1. The van der Waals surface area contributed by atoms with Gasteiger partial charge in [0.1, 0.15) is 18.9 Å². The van der Waals surface area contributed by atoms with Crippen LogP contribution in [0.2, 0.25) is 0 Å². The Morgan fingerprint density at radius 2 is 2.44 bits per heavy atom. The van der Waals surface area contributed by atoms with Gasteiger partial charge in [-0.25, -0.2) is 9.79 Å². The molecular formula is C8H16N4O4. The molecule has 5 N–H and O–H groups in total. The Balaban J connectivity index is 2.51. The Morgan fingerprint density at radius 1 is 1.75 bits per heavy atom. The van der Waals surface area contributed by atoms with Crippen LogP contribution in [0.15, 0.2) is 4.99 Å². The molecule has 1 rings (SSSR count). The second kappa shape index (κ2) is 5.64. The number of aliphatic imine (C=N–C) groups is 1. The maximum absolute atomic E-state index is 11.4. The van der Waals surface area contributed by atoms with Crippen molar-refractivity contribution in [3.05, 3.63) is 0 Å². The molecule has 2 atom stereocenters. The van der Waals surface area contributed by atoms with Crippen LogP contribution < -0.4 is 11.1 Å². The first-order chi connectivity index (χ1) is 7.58. The van der Waals surface area contributed by atoms with E-state index in [0.717, 1.165) is 0 Å². The van der Waals surface area contributed by atoms with Crippen LogP contribution in [-0.2, 0) is 4.74 Å². The molecule has 1 heterocycles. The number of methoxy groups -OCH3 is 1. The average molecular weight is 232 g/mol. The number of amides is 2. The van der Waals surface area contributed by atoms with Gasteiger partial charge in [-0.05, 0) is 0 Å². The fourth-order valence-electron chi connectivity index (χ4n) is 1.29. The quantitative estimate of drug-likeness (QED) is 0.423. The molecule has 0 saturated carbocycles. The van der Waals surface area contributed by atoms with Crippen molar-refractivity contribution >= 4 is 12.0 Å². The van der Waals surface area contributed by atoms with Crippen molar-refractivity contribution in [2.75, 3.05) is 26.9 Å². The molecule has 0 fully saturated rings. The summed E-state index contributed by atoms with van der Waals surface area (Å²) in [6, 6.07) is -0.431. The zero-order valence-corrected chi connectivity index (χ0v) is 8.96. The maximum Gasteiger partial charge on any atom is 0.325 e. The summed E-state index contributed by atoms with van der Waals surface area (Å²) in [5.74, 6) is 0.0567. The van der Waals surface area contributed by atoms with E-state index in [2.05, 4.69) is 10.3 Å². The third-order valence-corrected chi connectivity index (χ3v) is 2.25. The van der Waals surface area contributed by atoms with E-state index in [1.165, 1.54) is 12.0 Å². The number of guanidine groups is 1. The minimum atomic E-state index is -0.977. The lowest BCUT2D eigenvalue weighted by Crippen LogP contribution is -2.54. The number of nitrogens with zero attached hydrogens (tertiary/aromatic N) is 2. The average Bonchev–Trinajstić information content (AvgIpc) is 2.24. The van der Waals surface area contributed by atoms with E-state index >= 15 is 0 Å². The van der Waals surface area contributed by atoms with Crippen LogP contribution in [0.5, 0.6) is 0 Å². The van der Waals surface area contributed by atoms with E-state index in [1.807, 2.05) is 0 Å². The van der Waals surface area contributed by atoms with Crippen LogP contribution in [0, 0.1) is 0 Å². The number of aliphatic hydroxyl groups is 2.